The highest BCUT2D eigenvalue weighted by Gasteiger charge is 2.08. The van der Waals surface area contributed by atoms with Crippen LogP contribution in [-0.2, 0) is 10.0 Å². The molecule has 0 aliphatic heterocycles. The van der Waals surface area contributed by atoms with Crippen LogP contribution >= 0.6 is 0 Å². The smallest absolute Gasteiger partial charge is 0.211 e. The summed E-state index contributed by atoms with van der Waals surface area (Å²) in [7, 11) is -1.45. The van der Waals surface area contributed by atoms with Crippen molar-refractivity contribution in [3.05, 3.63) is 6.54 Å². The van der Waals surface area contributed by atoms with Crippen LogP contribution in [0.15, 0.2) is 0 Å². The zero-order chi connectivity index (χ0) is 8.20. The van der Waals surface area contributed by atoms with Crippen molar-refractivity contribution < 1.29 is 8.42 Å². The van der Waals surface area contributed by atoms with Crippen molar-refractivity contribution in [3.8, 4) is 0 Å². The summed E-state index contributed by atoms with van der Waals surface area (Å²) in [4.78, 5) is 0. The van der Waals surface area contributed by atoms with Crippen LogP contribution in [-0.4, -0.2) is 26.0 Å². The van der Waals surface area contributed by atoms with Crippen LogP contribution < -0.4 is 0 Å². The van der Waals surface area contributed by atoms with E-state index in [4.69, 9.17) is 0 Å². The van der Waals surface area contributed by atoms with E-state index in [1.54, 1.807) is 13.6 Å². The molecular formula is C6H14NO2S. The lowest BCUT2D eigenvalue weighted by molar-refractivity contribution is 0.512. The minimum Gasteiger partial charge on any atom is -0.213 e. The van der Waals surface area contributed by atoms with Gasteiger partial charge >= 0.3 is 0 Å². The van der Waals surface area contributed by atoms with E-state index in [1.807, 2.05) is 6.92 Å². The standard InChI is InChI=1S/C6H14NO2S/c1-4-5-6-7(2)10(3,8)9/h6H,4-5H2,1-3H3. The van der Waals surface area contributed by atoms with Gasteiger partial charge in [-0.2, -0.15) is 0 Å². The molecule has 0 aliphatic rings. The van der Waals surface area contributed by atoms with Gasteiger partial charge in [-0.25, -0.2) is 12.7 Å². The summed E-state index contributed by atoms with van der Waals surface area (Å²) < 4.78 is 22.7. The zero-order valence-corrected chi connectivity index (χ0v) is 7.48. The Balaban J connectivity index is 3.75. The van der Waals surface area contributed by atoms with Gasteiger partial charge in [0.05, 0.1) is 6.26 Å². The Morgan fingerprint density at radius 1 is 1.50 bits per heavy atom. The Labute approximate surface area is 63.1 Å². The second-order valence-corrected chi connectivity index (χ2v) is 4.29. The maximum Gasteiger partial charge on any atom is 0.211 e. The summed E-state index contributed by atoms with van der Waals surface area (Å²) in [6.07, 6.45) is 2.97. The maximum absolute atomic E-state index is 10.7. The molecule has 0 saturated carbocycles. The molecule has 4 heteroatoms. The first-order valence-corrected chi connectivity index (χ1v) is 5.09. The largest absolute Gasteiger partial charge is 0.213 e. The van der Waals surface area contributed by atoms with E-state index in [2.05, 4.69) is 0 Å². The fraction of sp³-hybridized carbons (Fsp3) is 0.833. The van der Waals surface area contributed by atoms with Crippen molar-refractivity contribution in [2.75, 3.05) is 13.3 Å². The number of nitrogens with zero attached hydrogens (tertiary/aromatic N) is 1. The molecule has 0 amide bonds. The summed E-state index contributed by atoms with van der Waals surface area (Å²) in [6.45, 7) is 3.68. The molecule has 0 aromatic carbocycles. The van der Waals surface area contributed by atoms with E-state index in [-0.39, 0.29) is 0 Å². The van der Waals surface area contributed by atoms with E-state index in [1.165, 1.54) is 10.6 Å². The molecular weight excluding hydrogens is 150 g/mol. The Morgan fingerprint density at radius 2 is 2.00 bits per heavy atom. The van der Waals surface area contributed by atoms with Gasteiger partial charge in [-0.05, 0) is 6.42 Å². The molecule has 0 unspecified atom stereocenters. The Hall–Kier alpha value is -0.0900. The van der Waals surface area contributed by atoms with Gasteiger partial charge < -0.3 is 0 Å². The molecule has 10 heavy (non-hydrogen) atoms. The molecule has 0 fully saturated rings. The number of hydrogen-bond acceptors (Lipinski definition) is 2. The predicted molar refractivity (Wildman–Crippen MR) is 41.8 cm³/mol. The van der Waals surface area contributed by atoms with Crippen molar-refractivity contribution >= 4 is 10.0 Å². The lowest BCUT2D eigenvalue weighted by Crippen LogP contribution is -2.22. The molecule has 0 heterocycles. The normalized spacial score (nSPS) is 12.4. The first-order chi connectivity index (χ1) is 4.48. The van der Waals surface area contributed by atoms with Gasteiger partial charge in [0.15, 0.2) is 0 Å². The van der Waals surface area contributed by atoms with Crippen LogP contribution in [0.3, 0.4) is 0 Å². The van der Waals surface area contributed by atoms with Gasteiger partial charge in [-0.15, -0.1) is 0 Å². The minimum absolute atomic E-state index is 0.809. The van der Waals surface area contributed by atoms with Crippen LogP contribution in [0.4, 0.5) is 0 Å². The highest BCUT2D eigenvalue weighted by molar-refractivity contribution is 7.88. The molecule has 0 aromatic heterocycles. The van der Waals surface area contributed by atoms with Gasteiger partial charge in [-0.1, -0.05) is 13.3 Å². The fourth-order valence-corrected chi connectivity index (χ4v) is 0.822. The van der Waals surface area contributed by atoms with Crippen LogP contribution in [0.2, 0.25) is 0 Å². The van der Waals surface area contributed by atoms with Gasteiger partial charge in [0.2, 0.25) is 10.0 Å². The van der Waals surface area contributed by atoms with E-state index >= 15 is 0 Å². The van der Waals surface area contributed by atoms with E-state index < -0.39 is 10.0 Å². The highest BCUT2D eigenvalue weighted by atomic mass is 32.2. The molecule has 0 N–H and O–H groups in total. The molecule has 0 aliphatic carbocycles. The molecule has 61 valence electrons. The molecule has 0 rings (SSSR count). The maximum atomic E-state index is 10.7. The van der Waals surface area contributed by atoms with Crippen LogP contribution in [0.1, 0.15) is 19.8 Å². The molecule has 0 spiro atoms. The lowest BCUT2D eigenvalue weighted by Gasteiger charge is -2.11. The van der Waals surface area contributed by atoms with Crippen molar-refractivity contribution in [3.63, 3.8) is 0 Å². The quantitative estimate of drug-likeness (QED) is 0.617. The van der Waals surface area contributed by atoms with E-state index in [0.717, 1.165) is 12.8 Å². The molecule has 0 atom stereocenters. The molecule has 0 aromatic rings. The van der Waals surface area contributed by atoms with Crippen LogP contribution in [0.25, 0.3) is 0 Å². The Kier molecular flexibility index (Phi) is 3.89. The number of unbranched alkanes of at least 4 members (excludes halogenated alkanes) is 1. The topological polar surface area (TPSA) is 37.4 Å². The summed E-state index contributed by atoms with van der Waals surface area (Å²) in [5.41, 5.74) is 0. The third-order valence-corrected chi connectivity index (χ3v) is 2.39. The minimum atomic E-state index is -3.00. The molecule has 0 saturated heterocycles. The molecule has 1 radical (unpaired) electrons. The second kappa shape index (κ2) is 3.93. The number of rotatable bonds is 4. The lowest BCUT2D eigenvalue weighted by atomic mass is 10.3. The van der Waals surface area contributed by atoms with Gasteiger partial charge in [-0.3, -0.25) is 0 Å². The fourth-order valence-electron chi connectivity index (χ4n) is 0.446. The Morgan fingerprint density at radius 3 is 2.30 bits per heavy atom. The number of hydrogen-bond donors (Lipinski definition) is 0. The monoisotopic (exact) mass is 164 g/mol. The third-order valence-electron chi connectivity index (χ3n) is 1.20. The van der Waals surface area contributed by atoms with Crippen molar-refractivity contribution in [2.45, 2.75) is 19.8 Å². The van der Waals surface area contributed by atoms with E-state index in [0.29, 0.717) is 0 Å². The summed E-state index contributed by atoms with van der Waals surface area (Å²) >= 11 is 0. The van der Waals surface area contributed by atoms with E-state index in [9.17, 15) is 8.42 Å². The van der Waals surface area contributed by atoms with Gasteiger partial charge in [0.1, 0.15) is 0 Å². The summed E-state index contributed by atoms with van der Waals surface area (Å²) in [6, 6.07) is 0. The SMILES string of the molecule is CCC[CH]N(C)S(C)(=O)=O. The van der Waals surface area contributed by atoms with Crippen molar-refractivity contribution in [2.24, 2.45) is 0 Å². The first kappa shape index (κ1) is 9.91. The van der Waals surface area contributed by atoms with Crippen molar-refractivity contribution in [1.82, 2.24) is 4.31 Å². The third kappa shape index (κ3) is 3.85. The highest BCUT2D eigenvalue weighted by Crippen LogP contribution is 2.01. The van der Waals surface area contributed by atoms with Gasteiger partial charge in [0.25, 0.3) is 0 Å². The van der Waals surface area contributed by atoms with Crippen molar-refractivity contribution in [1.29, 1.82) is 0 Å². The number of sulfonamides is 1. The second-order valence-electron chi connectivity index (χ2n) is 2.25. The van der Waals surface area contributed by atoms with Crippen LogP contribution in [0, 0.1) is 6.54 Å². The molecule has 3 nitrogen and oxygen atoms in total. The summed E-state index contributed by atoms with van der Waals surface area (Å²) in [5.74, 6) is 0. The zero-order valence-electron chi connectivity index (χ0n) is 6.66. The summed E-state index contributed by atoms with van der Waals surface area (Å²) in [5, 5.41) is 0. The molecule has 0 bridgehead atoms. The Bertz CT molecular complexity index is 174. The average Bonchev–Trinajstić information content (AvgIpc) is 1.80. The predicted octanol–water partition coefficient (Wildman–Crippen LogP) is 0.840. The van der Waals surface area contributed by atoms with Gasteiger partial charge in [0, 0.05) is 13.6 Å². The average molecular weight is 164 g/mol. The first-order valence-electron chi connectivity index (χ1n) is 3.24. The van der Waals surface area contributed by atoms with Crippen LogP contribution in [0.5, 0.6) is 0 Å².